The molecule has 2 N–H and O–H groups in total. The zero-order chi connectivity index (χ0) is 21.3. The van der Waals surface area contributed by atoms with Gasteiger partial charge >= 0.3 is 0 Å². The lowest BCUT2D eigenvalue weighted by molar-refractivity contribution is 0.598. The summed E-state index contributed by atoms with van der Waals surface area (Å²) in [6.07, 6.45) is 0. The second-order valence-corrected chi connectivity index (χ2v) is 8.79. The summed E-state index contributed by atoms with van der Waals surface area (Å²) in [7, 11) is 3.47. The van der Waals surface area contributed by atoms with Gasteiger partial charge in [0.25, 0.3) is 0 Å². The van der Waals surface area contributed by atoms with Crippen LogP contribution in [0, 0.1) is 5.82 Å². The number of hydrogen-bond acceptors (Lipinski definition) is 4. The van der Waals surface area contributed by atoms with Crippen LogP contribution in [-0.2, 0) is 10.0 Å². The zero-order valence-electron chi connectivity index (χ0n) is 16.8. The minimum atomic E-state index is -3.75. The van der Waals surface area contributed by atoms with Gasteiger partial charge in [0.15, 0.2) is 5.82 Å². The van der Waals surface area contributed by atoms with Crippen LogP contribution in [0.25, 0.3) is 22.3 Å². The fraction of sp³-hybridized carbons (Fsp3) is 0.182. The van der Waals surface area contributed by atoms with Crippen LogP contribution in [0.15, 0.2) is 65.6 Å². The SMILES string of the molecule is CN(C)c1cc(-c2ccccc2-c2ccc(S(N)(=O)=O)cc2)cc(N(C)C)c1F. The fourth-order valence-electron chi connectivity index (χ4n) is 3.21. The van der Waals surface area contributed by atoms with Gasteiger partial charge in [-0.2, -0.15) is 0 Å². The second-order valence-electron chi connectivity index (χ2n) is 7.23. The van der Waals surface area contributed by atoms with Gasteiger partial charge in [0.2, 0.25) is 10.0 Å². The van der Waals surface area contributed by atoms with Crippen LogP contribution >= 0.6 is 0 Å². The van der Waals surface area contributed by atoms with Crippen LogP contribution < -0.4 is 14.9 Å². The summed E-state index contributed by atoms with van der Waals surface area (Å²) in [5.41, 5.74) is 4.52. The van der Waals surface area contributed by atoms with Gasteiger partial charge in [-0.15, -0.1) is 0 Å². The van der Waals surface area contributed by atoms with Crippen molar-refractivity contribution in [3.8, 4) is 22.3 Å². The van der Waals surface area contributed by atoms with Gasteiger partial charge in [0.1, 0.15) is 0 Å². The first-order valence-corrected chi connectivity index (χ1v) is 10.5. The van der Waals surface area contributed by atoms with Crippen molar-refractivity contribution in [3.63, 3.8) is 0 Å². The average Bonchev–Trinajstić information content (AvgIpc) is 2.67. The van der Waals surface area contributed by atoms with E-state index in [0.717, 1.165) is 22.3 Å². The molecule has 0 spiro atoms. The van der Waals surface area contributed by atoms with Crippen molar-refractivity contribution in [3.05, 3.63) is 66.5 Å². The highest BCUT2D eigenvalue weighted by Gasteiger charge is 2.17. The summed E-state index contributed by atoms with van der Waals surface area (Å²) >= 11 is 0. The first-order chi connectivity index (χ1) is 13.6. The standard InChI is InChI=1S/C22H24FN3O2S/c1-25(2)20-13-16(14-21(22(20)23)26(3)4)19-8-6-5-7-18(19)15-9-11-17(12-10-15)29(24,27)28/h5-14H,1-4H3,(H2,24,27,28). The average molecular weight is 414 g/mol. The number of nitrogens with zero attached hydrogens (tertiary/aromatic N) is 2. The summed E-state index contributed by atoms with van der Waals surface area (Å²) in [5.74, 6) is -0.279. The normalized spacial score (nSPS) is 11.4. The molecule has 0 aliphatic carbocycles. The number of halogens is 1. The summed E-state index contributed by atoms with van der Waals surface area (Å²) < 4.78 is 38.0. The van der Waals surface area contributed by atoms with Crippen LogP contribution in [0.3, 0.4) is 0 Å². The molecular formula is C22H24FN3O2S. The number of anilines is 2. The minimum absolute atomic E-state index is 0.0605. The Bertz CT molecular complexity index is 1110. The summed E-state index contributed by atoms with van der Waals surface area (Å²) in [5, 5.41) is 5.20. The number of primary sulfonamides is 1. The number of benzene rings is 3. The van der Waals surface area contributed by atoms with E-state index in [0.29, 0.717) is 11.4 Å². The maximum Gasteiger partial charge on any atom is 0.238 e. The predicted molar refractivity (Wildman–Crippen MR) is 117 cm³/mol. The lowest BCUT2D eigenvalue weighted by Gasteiger charge is -2.22. The molecule has 3 rings (SSSR count). The molecule has 0 heterocycles. The van der Waals surface area contributed by atoms with Crippen LogP contribution in [0.5, 0.6) is 0 Å². The van der Waals surface area contributed by atoms with Gasteiger partial charge in [-0.25, -0.2) is 17.9 Å². The smallest absolute Gasteiger partial charge is 0.238 e. The molecular weight excluding hydrogens is 389 g/mol. The molecule has 0 radical (unpaired) electrons. The molecule has 3 aromatic carbocycles. The lowest BCUT2D eigenvalue weighted by atomic mass is 9.93. The first-order valence-electron chi connectivity index (χ1n) is 9.00. The van der Waals surface area contributed by atoms with E-state index >= 15 is 0 Å². The molecule has 0 amide bonds. The van der Waals surface area contributed by atoms with Gasteiger partial charge in [-0.3, -0.25) is 0 Å². The molecule has 0 atom stereocenters. The Morgan fingerprint density at radius 1 is 0.759 bits per heavy atom. The molecule has 0 saturated carbocycles. The third kappa shape index (κ3) is 4.26. The molecule has 29 heavy (non-hydrogen) atoms. The summed E-state index contributed by atoms with van der Waals surface area (Å²) in [4.78, 5) is 3.55. The van der Waals surface area contributed by atoms with E-state index in [4.69, 9.17) is 5.14 Å². The molecule has 7 heteroatoms. The Kier molecular flexibility index (Phi) is 5.64. The number of sulfonamides is 1. The highest BCUT2D eigenvalue weighted by molar-refractivity contribution is 7.89. The largest absolute Gasteiger partial charge is 0.375 e. The van der Waals surface area contributed by atoms with E-state index in [2.05, 4.69) is 0 Å². The molecule has 0 fully saturated rings. The summed E-state index contributed by atoms with van der Waals surface area (Å²) in [6.45, 7) is 0. The molecule has 0 aliphatic rings. The topological polar surface area (TPSA) is 66.6 Å². The number of rotatable bonds is 5. The van der Waals surface area contributed by atoms with Gasteiger partial charge in [-0.05, 0) is 46.5 Å². The van der Waals surface area contributed by atoms with Crippen molar-refractivity contribution < 1.29 is 12.8 Å². The monoisotopic (exact) mass is 413 g/mol. The lowest BCUT2D eigenvalue weighted by Crippen LogP contribution is -2.16. The van der Waals surface area contributed by atoms with Crippen LogP contribution in [-0.4, -0.2) is 36.6 Å². The second kappa shape index (κ2) is 7.85. The number of nitrogens with two attached hydrogens (primary N) is 1. The van der Waals surface area contributed by atoms with Crippen LogP contribution in [0.1, 0.15) is 0 Å². The van der Waals surface area contributed by atoms with Crippen molar-refractivity contribution in [2.45, 2.75) is 4.90 Å². The minimum Gasteiger partial charge on any atom is -0.375 e. The van der Waals surface area contributed by atoms with E-state index in [-0.39, 0.29) is 10.7 Å². The van der Waals surface area contributed by atoms with Crippen LogP contribution in [0.4, 0.5) is 15.8 Å². The predicted octanol–water partition coefficient (Wildman–Crippen LogP) is 3.94. The molecule has 0 unspecified atom stereocenters. The maximum absolute atomic E-state index is 14.9. The Hall–Kier alpha value is -2.90. The quantitative estimate of drug-likeness (QED) is 0.688. The van der Waals surface area contributed by atoms with Crippen molar-refractivity contribution in [2.24, 2.45) is 5.14 Å². The highest BCUT2D eigenvalue weighted by Crippen LogP contribution is 2.38. The van der Waals surface area contributed by atoms with E-state index in [9.17, 15) is 12.8 Å². The maximum atomic E-state index is 14.9. The third-order valence-corrected chi connectivity index (χ3v) is 5.66. The number of hydrogen-bond donors (Lipinski definition) is 1. The van der Waals surface area contributed by atoms with Crippen molar-refractivity contribution in [1.29, 1.82) is 0 Å². The molecule has 0 aromatic heterocycles. The van der Waals surface area contributed by atoms with Gasteiger partial charge in [0.05, 0.1) is 16.3 Å². The third-order valence-electron chi connectivity index (χ3n) is 4.73. The Labute approximate surface area is 171 Å². The van der Waals surface area contributed by atoms with E-state index in [1.165, 1.54) is 12.1 Å². The van der Waals surface area contributed by atoms with E-state index in [1.54, 1.807) is 50.1 Å². The molecule has 0 bridgehead atoms. The van der Waals surface area contributed by atoms with Crippen molar-refractivity contribution in [2.75, 3.05) is 38.0 Å². The first kappa shape index (κ1) is 20.8. The van der Waals surface area contributed by atoms with E-state index < -0.39 is 10.0 Å². The van der Waals surface area contributed by atoms with Crippen LogP contribution in [0.2, 0.25) is 0 Å². The molecule has 5 nitrogen and oxygen atoms in total. The van der Waals surface area contributed by atoms with Crippen molar-refractivity contribution >= 4 is 21.4 Å². The Morgan fingerprint density at radius 3 is 1.62 bits per heavy atom. The van der Waals surface area contributed by atoms with E-state index in [1.807, 2.05) is 36.4 Å². The molecule has 3 aromatic rings. The fourth-order valence-corrected chi connectivity index (χ4v) is 3.73. The zero-order valence-corrected chi connectivity index (χ0v) is 17.7. The van der Waals surface area contributed by atoms with Gasteiger partial charge < -0.3 is 9.80 Å². The molecule has 0 saturated heterocycles. The van der Waals surface area contributed by atoms with Crippen molar-refractivity contribution in [1.82, 2.24) is 0 Å². The van der Waals surface area contributed by atoms with Gasteiger partial charge in [0, 0.05) is 28.2 Å². The molecule has 0 aliphatic heterocycles. The van der Waals surface area contributed by atoms with Gasteiger partial charge in [-0.1, -0.05) is 36.4 Å². The Balaban J connectivity index is 2.20. The summed E-state index contributed by atoms with van der Waals surface area (Å²) in [6, 6.07) is 17.8. The molecule has 152 valence electrons. The highest BCUT2D eigenvalue weighted by atomic mass is 32.2. The Morgan fingerprint density at radius 2 is 1.21 bits per heavy atom.